The Morgan fingerprint density at radius 2 is 1.94 bits per heavy atom. The van der Waals surface area contributed by atoms with Gasteiger partial charge in [0.05, 0.1) is 6.10 Å². The molecule has 3 N–H and O–H groups in total. The van der Waals surface area contributed by atoms with E-state index in [4.69, 9.17) is 5.73 Å². The van der Waals surface area contributed by atoms with Gasteiger partial charge >= 0.3 is 0 Å². The SMILES string of the molecule is CC(O)C(C)Sc1c(F)cccc1[C@H](C)N. The maximum Gasteiger partial charge on any atom is 0.137 e. The highest BCUT2D eigenvalue weighted by molar-refractivity contribution is 8.00. The standard InChI is InChI=1S/C12H18FNOS/c1-7(14)10-5-4-6-11(13)12(10)16-9(3)8(2)15/h4-9,15H,14H2,1-3H3/t7-,8?,9?/m0/s1. The fourth-order valence-corrected chi connectivity index (χ4v) is 2.43. The highest BCUT2D eigenvalue weighted by atomic mass is 32.2. The first kappa shape index (κ1) is 13.5. The average Bonchev–Trinajstić information content (AvgIpc) is 2.20. The lowest BCUT2D eigenvalue weighted by atomic mass is 10.1. The van der Waals surface area contributed by atoms with Crippen LogP contribution in [0.2, 0.25) is 0 Å². The third-order valence-electron chi connectivity index (χ3n) is 2.47. The molecular formula is C12H18FNOS. The Balaban J connectivity index is 3.01. The molecule has 0 spiro atoms. The average molecular weight is 243 g/mol. The molecule has 1 aromatic carbocycles. The van der Waals surface area contributed by atoms with E-state index in [0.29, 0.717) is 4.90 Å². The molecule has 3 atom stereocenters. The molecule has 0 bridgehead atoms. The largest absolute Gasteiger partial charge is 0.392 e. The van der Waals surface area contributed by atoms with E-state index < -0.39 is 6.10 Å². The van der Waals surface area contributed by atoms with E-state index in [1.165, 1.54) is 17.8 Å². The molecule has 1 rings (SSSR count). The smallest absolute Gasteiger partial charge is 0.137 e. The summed E-state index contributed by atoms with van der Waals surface area (Å²) in [7, 11) is 0. The molecule has 0 aromatic heterocycles. The molecule has 0 aliphatic rings. The second-order valence-electron chi connectivity index (χ2n) is 4.01. The molecule has 4 heteroatoms. The van der Waals surface area contributed by atoms with Gasteiger partial charge < -0.3 is 10.8 Å². The van der Waals surface area contributed by atoms with Gasteiger partial charge in [0.15, 0.2) is 0 Å². The monoisotopic (exact) mass is 243 g/mol. The summed E-state index contributed by atoms with van der Waals surface area (Å²) in [5.74, 6) is -0.271. The summed E-state index contributed by atoms with van der Waals surface area (Å²) in [6.07, 6.45) is -0.481. The summed E-state index contributed by atoms with van der Waals surface area (Å²) >= 11 is 1.33. The van der Waals surface area contributed by atoms with Crippen molar-refractivity contribution in [1.82, 2.24) is 0 Å². The van der Waals surface area contributed by atoms with Crippen molar-refractivity contribution in [3.05, 3.63) is 29.6 Å². The molecular weight excluding hydrogens is 225 g/mol. The zero-order valence-corrected chi connectivity index (χ0v) is 10.6. The maximum atomic E-state index is 13.7. The van der Waals surface area contributed by atoms with Gasteiger partial charge in [-0.2, -0.15) is 0 Å². The summed E-state index contributed by atoms with van der Waals surface area (Å²) in [6.45, 7) is 5.39. The van der Waals surface area contributed by atoms with E-state index in [-0.39, 0.29) is 17.1 Å². The molecule has 0 fully saturated rings. The van der Waals surface area contributed by atoms with Gasteiger partial charge in [-0.1, -0.05) is 19.1 Å². The van der Waals surface area contributed by atoms with Crippen LogP contribution in [0.15, 0.2) is 23.1 Å². The van der Waals surface area contributed by atoms with E-state index in [1.54, 1.807) is 13.0 Å². The van der Waals surface area contributed by atoms with Crippen molar-refractivity contribution in [1.29, 1.82) is 0 Å². The van der Waals surface area contributed by atoms with Gasteiger partial charge in [0.25, 0.3) is 0 Å². The Hall–Kier alpha value is -0.580. The van der Waals surface area contributed by atoms with Crippen LogP contribution in [0.4, 0.5) is 4.39 Å². The zero-order chi connectivity index (χ0) is 12.3. The molecule has 0 aliphatic heterocycles. The van der Waals surface area contributed by atoms with Crippen LogP contribution >= 0.6 is 11.8 Å². The van der Waals surface area contributed by atoms with Crippen LogP contribution in [-0.4, -0.2) is 16.5 Å². The lowest BCUT2D eigenvalue weighted by Gasteiger charge is -2.18. The molecule has 2 nitrogen and oxygen atoms in total. The molecule has 0 saturated carbocycles. The van der Waals surface area contributed by atoms with Crippen LogP contribution in [0.1, 0.15) is 32.4 Å². The van der Waals surface area contributed by atoms with Crippen molar-refractivity contribution in [3.63, 3.8) is 0 Å². The molecule has 0 aliphatic carbocycles. The maximum absolute atomic E-state index is 13.7. The van der Waals surface area contributed by atoms with Crippen molar-refractivity contribution in [3.8, 4) is 0 Å². The normalized spacial score (nSPS) is 16.9. The van der Waals surface area contributed by atoms with E-state index in [1.807, 2.05) is 19.9 Å². The first-order chi connectivity index (χ1) is 7.43. The van der Waals surface area contributed by atoms with Crippen molar-refractivity contribution in [2.45, 2.75) is 43.1 Å². The van der Waals surface area contributed by atoms with E-state index in [0.717, 1.165) is 5.56 Å². The molecule has 0 saturated heterocycles. The number of benzene rings is 1. The van der Waals surface area contributed by atoms with Crippen LogP contribution in [0.3, 0.4) is 0 Å². The fourth-order valence-electron chi connectivity index (χ4n) is 1.29. The third-order valence-corrected chi connectivity index (χ3v) is 3.90. The highest BCUT2D eigenvalue weighted by Crippen LogP contribution is 2.33. The van der Waals surface area contributed by atoms with Crippen molar-refractivity contribution in [2.75, 3.05) is 0 Å². The number of aliphatic hydroxyl groups excluding tert-OH is 1. The molecule has 0 amide bonds. The molecule has 2 unspecified atom stereocenters. The second kappa shape index (κ2) is 5.66. The minimum absolute atomic E-state index is 0.0607. The minimum Gasteiger partial charge on any atom is -0.392 e. The number of hydrogen-bond donors (Lipinski definition) is 2. The highest BCUT2D eigenvalue weighted by Gasteiger charge is 2.17. The van der Waals surface area contributed by atoms with E-state index in [2.05, 4.69) is 0 Å². The predicted octanol–water partition coefficient (Wildman–Crippen LogP) is 2.71. The Morgan fingerprint density at radius 3 is 2.44 bits per heavy atom. The Labute approximate surface area is 100 Å². The minimum atomic E-state index is -0.481. The van der Waals surface area contributed by atoms with Crippen LogP contribution in [0, 0.1) is 5.82 Å². The van der Waals surface area contributed by atoms with Crippen LogP contribution in [0.25, 0.3) is 0 Å². The van der Waals surface area contributed by atoms with Crippen molar-refractivity contribution >= 4 is 11.8 Å². The molecule has 1 aromatic rings. The molecule has 0 heterocycles. The summed E-state index contributed by atoms with van der Waals surface area (Å²) in [5.41, 5.74) is 6.58. The van der Waals surface area contributed by atoms with Gasteiger partial charge in [-0.05, 0) is 25.5 Å². The summed E-state index contributed by atoms with van der Waals surface area (Å²) in [6, 6.07) is 4.69. The predicted molar refractivity (Wildman–Crippen MR) is 66.0 cm³/mol. The Morgan fingerprint density at radius 1 is 1.31 bits per heavy atom. The van der Waals surface area contributed by atoms with Gasteiger partial charge in [0.2, 0.25) is 0 Å². The number of thioether (sulfide) groups is 1. The van der Waals surface area contributed by atoms with E-state index in [9.17, 15) is 9.50 Å². The molecule has 0 radical (unpaired) electrons. The summed E-state index contributed by atoms with van der Waals surface area (Å²) < 4.78 is 13.7. The zero-order valence-electron chi connectivity index (χ0n) is 9.77. The Kier molecular flexibility index (Phi) is 4.77. The number of hydrogen-bond acceptors (Lipinski definition) is 3. The van der Waals surface area contributed by atoms with Gasteiger partial charge in [-0.3, -0.25) is 0 Å². The van der Waals surface area contributed by atoms with Gasteiger partial charge in [0, 0.05) is 16.2 Å². The molecule has 90 valence electrons. The summed E-state index contributed by atoms with van der Waals surface area (Å²) in [4.78, 5) is 0.547. The first-order valence-electron chi connectivity index (χ1n) is 5.32. The quantitative estimate of drug-likeness (QED) is 0.799. The van der Waals surface area contributed by atoms with Crippen molar-refractivity contribution in [2.24, 2.45) is 5.73 Å². The van der Waals surface area contributed by atoms with Gasteiger partial charge in [-0.25, -0.2) is 4.39 Å². The first-order valence-corrected chi connectivity index (χ1v) is 6.20. The number of nitrogens with two attached hydrogens (primary N) is 1. The van der Waals surface area contributed by atoms with Crippen molar-refractivity contribution < 1.29 is 9.50 Å². The molecule has 16 heavy (non-hydrogen) atoms. The summed E-state index contributed by atoms with van der Waals surface area (Å²) in [5, 5.41) is 9.37. The number of aliphatic hydroxyl groups is 1. The number of halogens is 1. The van der Waals surface area contributed by atoms with Crippen LogP contribution < -0.4 is 5.73 Å². The second-order valence-corrected chi connectivity index (χ2v) is 5.40. The lowest BCUT2D eigenvalue weighted by molar-refractivity contribution is 0.196. The van der Waals surface area contributed by atoms with Crippen LogP contribution in [-0.2, 0) is 0 Å². The van der Waals surface area contributed by atoms with Crippen LogP contribution in [0.5, 0.6) is 0 Å². The number of rotatable bonds is 4. The van der Waals surface area contributed by atoms with E-state index >= 15 is 0 Å². The van der Waals surface area contributed by atoms with Gasteiger partial charge in [-0.15, -0.1) is 11.8 Å². The Bertz CT molecular complexity index is 355. The fraction of sp³-hybridized carbons (Fsp3) is 0.500. The van der Waals surface area contributed by atoms with Gasteiger partial charge in [0.1, 0.15) is 5.82 Å². The third kappa shape index (κ3) is 3.20. The topological polar surface area (TPSA) is 46.2 Å². The lowest BCUT2D eigenvalue weighted by Crippen LogP contribution is -2.16.